The molecule has 1 aliphatic rings. The lowest BCUT2D eigenvalue weighted by molar-refractivity contribution is -0.116. The Kier molecular flexibility index (Phi) is 8.69. The highest BCUT2D eigenvalue weighted by Gasteiger charge is 2.25. The van der Waals surface area contributed by atoms with Gasteiger partial charge in [-0.2, -0.15) is 0 Å². The largest absolute Gasteiger partial charge is 0.494 e. The summed E-state index contributed by atoms with van der Waals surface area (Å²) in [6.45, 7) is 7.56. The van der Waals surface area contributed by atoms with Gasteiger partial charge in [0, 0.05) is 69.8 Å². The molecule has 0 aliphatic carbocycles. The quantitative estimate of drug-likeness (QED) is 0.320. The summed E-state index contributed by atoms with van der Waals surface area (Å²) >= 11 is 0. The maximum Gasteiger partial charge on any atom is 0.270 e. The van der Waals surface area contributed by atoms with Crippen molar-refractivity contribution >= 4 is 28.4 Å². The zero-order chi connectivity index (χ0) is 28.9. The fraction of sp³-hybridized carbons (Fsp3) is 0.333. The Balaban J connectivity index is 1.49. The van der Waals surface area contributed by atoms with E-state index in [0.717, 1.165) is 46.4 Å². The fourth-order valence-electron chi connectivity index (χ4n) is 5.60. The zero-order valence-electron chi connectivity index (χ0n) is 24.0. The van der Waals surface area contributed by atoms with Gasteiger partial charge in [-0.3, -0.25) is 14.5 Å². The second kappa shape index (κ2) is 12.6. The standard InChI is InChI=1S/C33H37FN4O3/c1-4-41-29-14-15-30-27(20-29)21-32(35(30)3)33(40)37-19-18-36(22-25-10-12-28(34)13-11-25)16-7-17-38(24(2)39)31-9-6-5-8-26(31)23-37/h5-6,8-15,20-21H,4,7,16-19,22-23H2,1-3H3. The number of para-hydroxylation sites is 1. The smallest absolute Gasteiger partial charge is 0.270 e. The van der Waals surface area contributed by atoms with Crippen LogP contribution in [0.15, 0.2) is 72.8 Å². The van der Waals surface area contributed by atoms with Crippen LogP contribution in [0.25, 0.3) is 10.9 Å². The van der Waals surface area contributed by atoms with Gasteiger partial charge in [0.15, 0.2) is 0 Å². The molecule has 0 N–H and O–H groups in total. The number of benzene rings is 3. The Morgan fingerprint density at radius 3 is 2.46 bits per heavy atom. The van der Waals surface area contributed by atoms with Crippen LogP contribution < -0.4 is 9.64 Å². The summed E-state index contributed by atoms with van der Waals surface area (Å²) in [5, 5.41) is 0.945. The number of anilines is 1. The van der Waals surface area contributed by atoms with Crippen molar-refractivity contribution in [2.24, 2.45) is 7.05 Å². The van der Waals surface area contributed by atoms with Crippen molar-refractivity contribution in [3.8, 4) is 5.75 Å². The third-order valence-corrected chi connectivity index (χ3v) is 7.72. The molecule has 0 fully saturated rings. The lowest BCUT2D eigenvalue weighted by Gasteiger charge is -2.28. The number of halogens is 1. The number of hydrogen-bond donors (Lipinski definition) is 0. The Bertz CT molecular complexity index is 1530. The van der Waals surface area contributed by atoms with Gasteiger partial charge in [-0.25, -0.2) is 4.39 Å². The summed E-state index contributed by atoms with van der Waals surface area (Å²) < 4.78 is 21.2. The van der Waals surface area contributed by atoms with Gasteiger partial charge in [0.25, 0.3) is 5.91 Å². The predicted molar refractivity (Wildman–Crippen MR) is 160 cm³/mol. The van der Waals surface area contributed by atoms with E-state index in [1.165, 1.54) is 12.1 Å². The molecule has 2 amide bonds. The lowest BCUT2D eigenvalue weighted by Crippen LogP contribution is -2.39. The number of carbonyl (C=O) groups excluding carboxylic acids is 2. The number of amides is 2. The van der Waals surface area contributed by atoms with Crippen LogP contribution in [-0.2, 0) is 24.9 Å². The Hall–Kier alpha value is -4.17. The molecule has 5 rings (SSSR count). The molecular weight excluding hydrogens is 519 g/mol. The van der Waals surface area contributed by atoms with Gasteiger partial charge < -0.3 is 19.1 Å². The van der Waals surface area contributed by atoms with Crippen LogP contribution >= 0.6 is 0 Å². The number of aryl methyl sites for hydroxylation is 1. The van der Waals surface area contributed by atoms with E-state index in [4.69, 9.17) is 4.74 Å². The van der Waals surface area contributed by atoms with E-state index >= 15 is 0 Å². The molecule has 2 heterocycles. The molecule has 41 heavy (non-hydrogen) atoms. The monoisotopic (exact) mass is 556 g/mol. The van der Waals surface area contributed by atoms with Crippen molar-refractivity contribution in [3.63, 3.8) is 0 Å². The highest BCUT2D eigenvalue weighted by atomic mass is 19.1. The Morgan fingerprint density at radius 1 is 0.927 bits per heavy atom. The van der Waals surface area contributed by atoms with Crippen LogP contribution in [0.1, 0.15) is 41.9 Å². The van der Waals surface area contributed by atoms with Crippen molar-refractivity contribution in [2.45, 2.75) is 33.4 Å². The Morgan fingerprint density at radius 2 is 1.71 bits per heavy atom. The minimum absolute atomic E-state index is 0.0292. The average molecular weight is 557 g/mol. The maximum atomic E-state index is 14.2. The van der Waals surface area contributed by atoms with E-state index in [-0.39, 0.29) is 17.6 Å². The molecular formula is C33H37FN4O3. The molecule has 0 unspecified atom stereocenters. The summed E-state index contributed by atoms with van der Waals surface area (Å²) in [6, 6.07) is 22.2. The summed E-state index contributed by atoms with van der Waals surface area (Å²) in [4.78, 5) is 32.9. The summed E-state index contributed by atoms with van der Waals surface area (Å²) in [7, 11) is 1.91. The SMILES string of the molecule is CCOc1ccc2c(c1)cc(C(=O)N1CCN(Cc3ccc(F)cc3)CCCN(C(C)=O)c3ccccc3C1)n2C. The second-order valence-electron chi connectivity index (χ2n) is 10.5. The number of rotatable bonds is 5. The molecule has 1 aromatic heterocycles. The van der Waals surface area contributed by atoms with Gasteiger partial charge in [-0.15, -0.1) is 0 Å². The highest BCUT2D eigenvalue weighted by molar-refractivity contribution is 5.99. The number of ether oxygens (including phenoxy) is 1. The number of nitrogens with zero attached hydrogens (tertiary/aromatic N) is 4. The number of fused-ring (bicyclic) bond motifs is 2. The minimum Gasteiger partial charge on any atom is -0.494 e. The van der Waals surface area contributed by atoms with Gasteiger partial charge in [0.1, 0.15) is 17.3 Å². The van der Waals surface area contributed by atoms with Gasteiger partial charge in [-0.05, 0) is 66.9 Å². The molecule has 7 nitrogen and oxygen atoms in total. The van der Waals surface area contributed by atoms with Gasteiger partial charge in [0.05, 0.1) is 6.61 Å². The lowest BCUT2D eigenvalue weighted by atomic mass is 10.1. The first-order valence-electron chi connectivity index (χ1n) is 14.2. The molecule has 8 heteroatoms. The molecule has 1 aliphatic heterocycles. The van der Waals surface area contributed by atoms with E-state index in [2.05, 4.69) is 4.90 Å². The van der Waals surface area contributed by atoms with E-state index in [0.29, 0.717) is 45.0 Å². The number of hydrogen-bond acceptors (Lipinski definition) is 4. The van der Waals surface area contributed by atoms with Crippen LogP contribution in [0.5, 0.6) is 5.75 Å². The van der Waals surface area contributed by atoms with E-state index < -0.39 is 0 Å². The molecule has 3 aromatic carbocycles. The first-order valence-corrected chi connectivity index (χ1v) is 14.2. The van der Waals surface area contributed by atoms with Crippen molar-refractivity contribution in [3.05, 3.63) is 95.4 Å². The van der Waals surface area contributed by atoms with Crippen molar-refractivity contribution in [2.75, 3.05) is 37.7 Å². The third kappa shape index (κ3) is 6.43. The Labute approximate surface area is 240 Å². The topological polar surface area (TPSA) is 58.0 Å². The van der Waals surface area contributed by atoms with Gasteiger partial charge >= 0.3 is 0 Å². The summed E-state index contributed by atoms with van der Waals surface area (Å²) in [5.41, 5.74) is 4.32. The molecule has 0 saturated carbocycles. The zero-order valence-corrected chi connectivity index (χ0v) is 24.0. The molecule has 0 atom stereocenters. The molecule has 214 valence electrons. The van der Waals surface area contributed by atoms with E-state index in [1.807, 2.05) is 76.9 Å². The number of aromatic nitrogens is 1. The first-order chi connectivity index (χ1) is 19.8. The predicted octanol–water partition coefficient (Wildman–Crippen LogP) is 5.62. The molecule has 0 bridgehead atoms. The maximum absolute atomic E-state index is 14.2. The second-order valence-corrected chi connectivity index (χ2v) is 10.5. The van der Waals surface area contributed by atoms with Crippen molar-refractivity contribution in [1.82, 2.24) is 14.4 Å². The molecule has 0 radical (unpaired) electrons. The minimum atomic E-state index is -0.263. The van der Waals surface area contributed by atoms with E-state index in [9.17, 15) is 14.0 Å². The fourth-order valence-corrected chi connectivity index (χ4v) is 5.60. The molecule has 0 spiro atoms. The number of carbonyl (C=O) groups is 2. The highest BCUT2D eigenvalue weighted by Crippen LogP contribution is 2.27. The van der Waals surface area contributed by atoms with Crippen molar-refractivity contribution in [1.29, 1.82) is 0 Å². The van der Waals surface area contributed by atoms with Gasteiger partial charge in [-0.1, -0.05) is 30.3 Å². The molecule has 0 saturated heterocycles. The van der Waals surface area contributed by atoms with Gasteiger partial charge in [0.2, 0.25) is 5.91 Å². The van der Waals surface area contributed by atoms with Crippen molar-refractivity contribution < 1.29 is 18.7 Å². The van der Waals surface area contributed by atoms with Crippen LogP contribution in [0.2, 0.25) is 0 Å². The average Bonchev–Trinajstić information content (AvgIpc) is 3.27. The van der Waals surface area contributed by atoms with Crippen LogP contribution in [0.4, 0.5) is 10.1 Å². The van der Waals surface area contributed by atoms with Crippen LogP contribution in [0.3, 0.4) is 0 Å². The summed E-state index contributed by atoms with van der Waals surface area (Å²) in [6.07, 6.45) is 0.772. The normalized spacial score (nSPS) is 14.9. The summed E-state index contributed by atoms with van der Waals surface area (Å²) in [5.74, 6) is 0.404. The van der Waals surface area contributed by atoms with Crippen LogP contribution in [-0.4, -0.2) is 59.0 Å². The van der Waals surface area contributed by atoms with E-state index in [1.54, 1.807) is 19.1 Å². The third-order valence-electron chi connectivity index (χ3n) is 7.72. The molecule has 4 aromatic rings. The van der Waals surface area contributed by atoms with Crippen LogP contribution in [0, 0.1) is 5.82 Å². The first kappa shape index (κ1) is 28.4.